The summed E-state index contributed by atoms with van der Waals surface area (Å²) in [6.45, 7) is 5.60. The lowest BCUT2D eigenvalue weighted by Crippen LogP contribution is -2.58. The third-order valence-electron chi connectivity index (χ3n) is 10.4. The summed E-state index contributed by atoms with van der Waals surface area (Å²) in [7, 11) is 0. The zero-order valence-electron chi connectivity index (χ0n) is 21.6. The predicted molar refractivity (Wildman–Crippen MR) is 143 cm³/mol. The molecular weight excluding hydrogens is 444 g/mol. The normalized spacial score (nSPS) is 35.4. The van der Waals surface area contributed by atoms with Crippen LogP contribution in [-0.4, -0.2) is 23.9 Å². The molecule has 0 spiro atoms. The zero-order chi connectivity index (χ0) is 24.9. The molecular formula is C32H38N2O2. The summed E-state index contributed by atoms with van der Waals surface area (Å²) in [4.78, 5) is 32.4. The molecule has 1 unspecified atom stereocenters. The van der Waals surface area contributed by atoms with E-state index in [4.69, 9.17) is 4.99 Å². The Morgan fingerprint density at radius 2 is 1.58 bits per heavy atom. The Balaban J connectivity index is 1.32. The van der Waals surface area contributed by atoms with Gasteiger partial charge in [-0.3, -0.25) is 14.6 Å². The number of nitrogens with one attached hydrogen (secondary N) is 1. The average Bonchev–Trinajstić information content (AvgIpc) is 3.30. The Morgan fingerprint density at radius 3 is 2.25 bits per heavy atom. The molecule has 0 saturated heterocycles. The monoisotopic (exact) mass is 482 g/mol. The molecule has 0 bridgehead atoms. The van der Waals surface area contributed by atoms with Crippen LogP contribution in [0.5, 0.6) is 0 Å². The van der Waals surface area contributed by atoms with Crippen LogP contribution in [0, 0.1) is 34.5 Å². The number of hydrogen-bond acceptors (Lipinski definition) is 3. The van der Waals surface area contributed by atoms with Gasteiger partial charge in [0.15, 0.2) is 5.78 Å². The quantitative estimate of drug-likeness (QED) is 0.530. The fourth-order valence-electron chi connectivity index (χ4n) is 8.46. The number of Topliss-reactive ketones (excluding diaryl/α,β-unsaturated/α-hetero) is 1. The van der Waals surface area contributed by atoms with E-state index in [2.05, 4.69) is 19.2 Å². The van der Waals surface area contributed by atoms with Crippen LogP contribution in [0.25, 0.3) is 0 Å². The van der Waals surface area contributed by atoms with Crippen molar-refractivity contribution in [3.63, 3.8) is 0 Å². The second-order valence-corrected chi connectivity index (χ2v) is 12.3. The lowest BCUT2D eigenvalue weighted by Gasteiger charge is -2.56. The van der Waals surface area contributed by atoms with E-state index in [0.717, 1.165) is 35.7 Å². The highest BCUT2D eigenvalue weighted by molar-refractivity contribution is 6.23. The minimum Gasteiger partial charge on any atom is -0.344 e. The highest BCUT2D eigenvalue weighted by Gasteiger charge is 2.59. The molecule has 0 aromatic heterocycles. The second kappa shape index (κ2) is 8.97. The fraction of sp³-hybridized carbons (Fsp3) is 0.531. The maximum absolute atomic E-state index is 13.9. The summed E-state index contributed by atoms with van der Waals surface area (Å²) in [5, 5.41) is 3.27. The van der Waals surface area contributed by atoms with Gasteiger partial charge in [0.25, 0.3) is 0 Å². The number of ketones is 1. The summed E-state index contributed by atoms with van der Waals surface area (Å²) in [5.74, 6) is 0.938. The smallest absolute Gasteiger partial charge is 0.237 e. The molecule has 3 saturated carbocycles. The van der Waals surface area contributed by atoms with Gasteiger partial charge in [0.05, 0.1) is 6.04 Å². The zero-order valence-corrected chi connectivity index (χ0v) is 21.6. The van der Waals surface area contributed by atoms with Crippen molar-refractivity contribution in [2.75, 3.05) is 6.54 Å². The average molecular weight is 483 g/mol. The third kappa shape index (κ3) is 3.76. The molecule has 36 heavy (non-hydrogen) atoms. The van der Waals surface area contributed by atoms with Crippen LogP contribution >= 0.6 is 0 Å². The molecule has 1 aliphatic heterocycles. The maximum atomic E-state index is 13.9. The maximum Gasteiger partial charge on any atom is 0.237 e. The molecule has 2 aromatic rings. The number of fused-ring (bicyclic) bond motifs is 5. The molecule has 188 valence electrons. The number of carbonyl (C=O) groups is 2. The van der Waals surface area contributed by atoms with E-state index < -0.39 is 5.92 Å². The van der Waals surface area contributed by atoms with Crippen molar-refractivity contribution >= 4 is 17.4 Å². The summed E-state index contributed by atoms with van der Waals surface area (Å²) in [5.41, 5.74) is 3.21. The molecule has 3 aliphatic carbocycles. The van der Waals surface area contributed by atoms with Gasteiger partial charge in [-0.1, -0.05) is 80.9 Å². The van der Waals surface area contributed by atoms with Gasteiger partial charge in [0.1, 0.15) is 5.92 Å². The topological polar surface area (TPSA) is 58.5 Å². The van der Waals surface area contributed by atoms with Gasteiger partial charge in [-0.2, -0.15) is 0 Å². The van der Waals surface area contributed by atoms with Crippen molar-refractivity contribution in [2.45, 2.75) is 64.8 Å². The number of amides is 1. The highest BCUT2D eigenvalue weighted by atomic mass is 16.2. The van der Waals surface area contributed by atoms with E-state index in [9.17, 15) is 9.59 Å². The summed E-state index contributed by atoms with van der Waals surface area (Å²) in [6.07, 6.45) is 7.78. The summed E-state index contributed by atoms with van der Waals surface area (Å²) < 4.78 is 0. The van der Waals surface area contributed by atoms with Crippen molar-refractivity contribution in [1.29, 1.82) is 0 Å². The molecule has 1 heterocycles. The van der Waals surface area contributed by atoms with Gasteiger partial charge >= 0.3 is 0 Å². The first-order valence-corrected chi connectivity index (χ1v) is 13.9. The van der Waals surface area contributed by atoms with E-state index in [1.54, 1.807) is 0 Å². The number of benzene rings is 2. The lowest BCUT2D eigenvalue weighted by atomic mass is 9.49. The molecule has 3 fully saturated rings. The van der Waals surface area contributed by atoms with Crippen LogP contribution in [0.4, 0.5) is 0 Å². The van der Waals surface area contributed by atoms with Gasteiger partial charge in [0.2, 0.25) is 5.91 Å². The van der Waals surface area contributed by atoms with Crippen LogP contribution in [-0.2, 0) is 9.59 Å². The van der Waals surface area contributed by atoms with Crippen LogP contribution in [0.2, 0.25) is 0 Å². The van der Waals surface area contributed by atoms with Crippen LogP contribution in [0.15, 0.2) is 65.7 Å². The van der Waals surface area contributed by atoms with Crippen molar-refractivity contribution in [2.24, 2.45) is 39.5 Å². The Kier molecular flexibility index (Phi) is 5.89. The first kappa shape index (κ1) is 23.6. The minimum absolute atomic E-state index is 0.0311. The number of carbonyl (C=O) groups excluding carboxylic acids is 2. The summed E-state index contributed by atoms with van der Waals surface area (Å²) in [6, 6.07) is 19.8. The molecule has 4 heteroatoms. The van der Waals surface area contributed by atoms with Crippen molar-refractivity contribution in [3.05, 3.63) is 71.8 Å². The molecule has 1 amide bonds. The first-order chi connectivity index (χ1) is 17.4. The summed E-state index contributed by atoms with van der Waals surface area (Å²) >= 11 is 0. The van der Waals surface area contributed by atoms with Gasteiger partial charge in [-0.05, 0) is 66.4 Å². The number of aliphatic imine (C=N–C) groups is 1. The van der Waals surface area contributed by atoms with Gasteiger partial charge in [-0.25, -0.2) is 0 Å². The van der Waals surface area contributed by atoms with Crippen LogP contribution in [0.3, 0.4) is 0 Å². The highest BCUT2D eigenvalue weighted by Crippen LogP contribution is 2.62. The molecule has 6 rings (SSSR count). The molecule has 1 N–H and O–H groups in total. The van der Waals surface area contributed by atoms with E-state index in [1.165, 1.54) is 32.1 Å². The van der Waals surface area contributed by atoms with Crippen LogP contribution in [0.1, 0.15) is 76.0 Å². The van der Waals surface area contributed by atoms with E-state index in [1.807, 2.05) is 60.7 Å². The standard InChI is InChI=1S/C32H38N2O2/c1-31-17-9-14-24(31)23-20-33-29-27(26(35)16-19-32(29,2)25(23)15-18-31)30(36)34-28(21-10-5-3-6-11-21)22-12-7-4-8-13-22/h3-8,10-13,23-25,27-28H,9,14-20H2,1-2H3,(H,34,36)/t23-,24-,25+,27?,31-,32+/m0/s1. The Labute approximate surface area is 215 Å². The molecule has 4 aliphatic rings. The van der Waals surface area contributed by atoms with E-state index in [-0.39, 0.29) is 23.1 Å². The first-order valence-electron chi connectivity index (χ1n) is 13.9. The number of nitrogens with zero attached hydrogens (tertiary/aromatic N) is 1. The second-order valence-electron chi connectivity index (χ2n) is 12.3. The van der Waals surface area contributed by atoms with E-state index in [0.29, 0.717) is 23.7 Å². The molecule has 6 atom stereocenters. The van der Waals surface area contributed by atoms with E-state index >= 15 is 0 Å². The molecule has 4 nitrogen and oxygen atoms in total. The van der Waals surface area contributed by atoms with Crippen molar-refractivity contribution in [3.8, 4) is 0 Å². The van der Waals surface area contributed by atoms with Crippen LogP contribution < -0.4 is 5.32 Å². The Morgan fingerprint density at radius 1 is 0.917 bits per heavy atom. The predicted octanol–water partition coefficient (Wildman–Crippen LogP) is 6.16. The van der Waals surface area contributed by atoms with Crippen molar-refractivity contribution in [1.82, 2.24) is 5.32 Å². The van der Waals surface area contributed by atoms with Crippen molar-refractivity contribution < 1.29 is 9.59 Å². The van der Waals surface area contributed by atoms with Gasteiger partial charge in [0, 0.05) is 24.1 Å². The molecule has 2 aromatic carbocycles. The molecule has 0 radical (unpaired) electrons. The minimum atomic E-state index is -0.767. The lowest BCUT2D eigenvalue weighted by molar-refractivity contribution is -0.133. The Bertz CT molecular complexity index is 1140. The fourth-order valence-corrected chi connectivity index (χ4v) is 8.46. The van der Waals surface area contributed by atoms with Gasteiger partial charge < -0.3 is 5.32 Å². The largest absolute Gasteiger partial charge is 0.344 e. The van der Waals surface area contributed by atoms with Gasteiger partial charge in [-0.15, -0.1) is 0 Å². The number of hydrogen-bond donors (Lipinski definition) is 1. The number of rotatable bonds is 4. The Hall–Kier alpha value is -2.75. The SMILES string of the molecule is C[C@@]12CCC[C@H]1[C@@H]1CN=C3C(C(=O)NC(c4ccccc4)c4ccccc4)C(=O)CC[C@]3(C)[C@@H]1CC2. The third-order valence-corrected chi connectivity index (χ3v) is 10.4.